The number of carbonyl (C=O) groups is 1. The number of para-hydroxylation sites is 1. The molecule has 0 saturated heterocycles. The largest absolute Gasteiger partial charge is 0.467 e. The second-order valence-electron chi connectivity index (χ2n) is 6.11. The van der Waals surface area contributed by atoms with E-state index in [4.69, 9.17) is 4.42 Å². The Bertz CT molecular complexity index is 1130. The average molecular weight is 363 g/mol. The van der Waals surface area contributed by atoms with Gasteiger partial charge in [0.15, 0.2) is 5.65 Å². The van der Waals surface area contributed by atoms with E-state index in [1.807, 2.05) is 37.3 Å². The van der Waals surface area contributed by atoms with Crippen molar-refractivity contribution in [3.8, 4) is 5.69 Å². The summed E-state index contributed by atoms with van der Waals surface area (Å²) in [6, 6.07) is 12.7. The average Bonchev–Trinajstić information content (AvgIpc) is 3.34. The second kappa shape index (κ2) is 6.91. The van der Waals surface area contributed by atoms with E-state index in [2.05, 4.69) is 15.4 Å². The van der Waals surface area contributed by atoms with Crippen molar-refractivity contribution in [1.82, 2.24) is 24.6 Å². The lowest BCUT2D eigenvalue weighted by Crippen LogP contribution is -2.33. The van der Waals surface area contributed by atoms with Gasteiger partial charge in [0.1, 0.15) is 24.0 Å². The maximum Gasteiger partial charge on any atom is 0.264 e. The summed E-state index contributed by atoms with van der Waals surface area (Å²) >= 11 is 0. The molecule has 0 saturated carbocycles. The van der Waals surface area contributed by atoms with E-state index < -0.39 is 0 Å². The van der Waals surface area contributed by atoms with Gasteiger partial charge in [-0.3, -0.25) is 14.2 Å². The zero-order valence-corrected chi connectivity index (χ0v) is 14.6. The fraction of sp³-hybridized carbons (Fsp3) is 0.158. The monoisotopic (exact) mass is 363 g/mol. The third kappa shape index (κ3) is 3.24. The zero-order valence-electron chi connectivity index (χ0n) is 14.6. The van der Waals surface area contributed by atoms with Crippen LogP contribution in [0.15, 0.2) is 70.5 Å². The molecule has 8 heteroatoms. The van der Waals surface area contributed by atoms with Gasteiger partial charge in [0.05, 0.1) is 24.2 Å². The summed E-state index contributed by atoms with van der Waals surface area (Å²) in [7, 11) is 0. The molecule has 1 aromatic carbocycles. The maximum atomic E-state index is 12.7. The number of rotatable bonds is 5. The standard InChI is InChI=1S/C19H17N5O3/c1-13(16-8-5-9-27-16)22-17(25)11-23-12-20-18-15(19(23)26)10-21-24(18)14-6-3-2-4-7-14/h2-10,12-13H,11H2,1H3,(H,22,25)/t13-/m1/s1. The first-order valence-corrected chi connectivity index (χ1v) is 8.45. The van der Waals surface area contributed by atoms with Crippen LogP contribution in [0.2, 0.25) is 0 Å². The highest BCUT2D eigenvalue weighted by atomic mass is 16.3. The van der Waals surface area contributed by atoms with Crippen LogP contribution in [0, 0.1) is 0 Å². The van der Waals surface area contributed by atoms with Gasteiger partial charge >= 0.3 is 0 Å². The van der Waals surface area contributed by atoms with Crippen LogP contribution in [0.25, 0.3) is 16.7 Å². The van der Waals surface area contributed by atoms with Crippen molar-refractivity contribution in [2.75, 3.05) is 0 Å². The smallest absolute Gasteiger partial charge is 0.264 e. The number of amides is 1. The predicted octanol–water partition coefficient (Wildman–Crippen LogP) is 2.05. The molecule has 4 aromatic rings. The quantitative estimate of drug-likeness (QED) is 0.586. The summed E-state index contributed by atoms with van der Waals surface area (Å²) < 4.78 is 8.13. The molecule has 0 aliphatic carbocycles. The number of benzene rings is 1. The minimum atomic E-state index is -0.317. The van der Waals surface area contributed by atoms with E-state index in [1.165, 1.54) is 17.1 Å². The number of furan rings is 1. The Hall–Kier alpha value is -3.68. The van der Waals surface area contributed by atoms with Crippen molar-refractivity contribution in [3.63, 3.8) is 0 Å². The minimum absolute atomic E-state index is 0.136. The lowest BCUT2D eigenvalue weighted by atomic mass is 10.2. The Balaban J connectivity index is 1.57. The molecule has 136 valence electrons. The van der Waals surface area contributed by atoms with Crippen molar-refractivity contribution in [2.24, 2.45) is 0 Å². The van der Waals surface area contributed by atoms with Crippen LogP contribution < -0.4 is 10.9 Å². The molecule has 27 heavy (non-hydrogen) atoms. The van der Waals surface area contributed by atoms with Crippen molar-refractivity contribution < 1.29 is 9.21 Å². The van der Waals surface area contributed by atoms with E-state index in [-0.39, 0.29) is 24.1 Å². The summed E-state index contributed by atoms with van der Waals surface area (Å²) in [6.45, 7) is 1.67. The van der Waals surface area contributed by atoms with Gasteiger partial charge < -0.3 is 9.73 Å². The van der Waals surface area contributed by atoms with Crippen LogP contribution in [-0.4, -0.2) is 25.2 Å². The number of aromatic nitrogens is 4. The molecule has 0 fully saturated rings. The number of carbonyl (C=O) groups excluding carboxylic acids is 1. The summed E-state index contributed by atoms with van der Waals surface area (Å²) in [5.41, 5.74) is 0.942. The molecule has 0 aliphatic rings. The second-order valence-corrected chi connectivity index (χ2v) is 6.11. The first kappa shape index (κ1) is 16.8. The molecular weight excluding hydrogens is 346 g/mol. The van der Waals surface area contributed by atoms with Gasteiger partial charge in [-0.25, -0.2) is 9.67 Å². The molecule has 0 bridgehead atoms. The Kier molecular flexibility index (Phi) is 4.29. The topological polar surface area (TPSA) is 95.0 Å². The zero-order chi connectivity index (χ0) is 18.8. The molecule has 0 radical (unpaired) electrons. The number of fused-ring (bicyclic) bond motifs is 1. The van der Waals surface area contributed by atoms with Crippen LogP contribution in [-0.2, 0) is 11.3 Å². The van der Waals surface area contributed by atoms with Crippen LogP contribution >= 0.6 is 0 Å². The van der Waals surface area contributed by atoms with Crippen LogP contribution in [0.4, 0.5) is 0 Å². The normalized spacial score (nSPS) is 12.2. The molecule has 0 aliphatic heterocycles. The summed E-state index contributed by atoms with van der Waals surface area (Å²) in [5, 5.41) is 7.41. The molecular formula is C19H17N5O3. The molecule has 1 atom stereocenters. The molecule has 4 rings (SSSR count). The first-order chi connectivity index (χ1) is 13.1. The lowest BCUT2D eigenvalue weighted by molar-refractivity contribution is -0.122. The summed E-state index contributed by atoms with van der Waals surface area (Å²) in [4.78, 5) is 29.3. The highest BCUT2D eigenvalue weighted by Crippen LogP contribution is 2.14. The number of hydrogen-bond donors (Lipinski definition) is 1. The van der Waals surface area contributed by atoms with Gasteiger partial charge in [0, 0.05) is 0 Å². The Morgan fingerprint density at radius 1 is 1.22 bits per heavy atom. The molecule has 8 nitrogen and oxygen atoms in total. The summed E-state index contributed by atoms with van der Waals surface area (Å²) in [6.07, 6.45) is 4.38. The highest BCUT2D eigenvalue weighted by Gasteiger charge is 2.15. The van der Waals surface area contributed by atoms with Crippen molar-refractivity contribution in [2.45, 2.75) is 19.5 Å². The van der Waals surface area contributed by atoms with Gasteiger partial charge in [-0.05, 0) is 31.2 Å². The Morgan fingerprint density at radius 3 is 2.78 bits per heavy atom. The molecule has 3 aromatic heterocycles. The third-order valence-electron chi connectivity index (χ3n) is 4.22. The molecule has 1 amide bonds. The van der Waals surface area contributed by atoms with Crippen molar-refractivity contribution >= 4 is 16.9 Å². The van der Waals surface area contributed by atoms with E-state index in [1.54, 1.807) is 23.1 Å². The minimum Gasteiger partial charge on any atom is -0.467 e. The number of nitrogens with zero attached hydrogens (tertiary/aromatic N) is 4. The number of nitrogens with one attached hydrogen (secondary N) is 1. The van der Waals surface area contributed by atoms with Gasteiger partial charge in [-0.1, -0.05) is 18.2 Å². The van der Waals surface area contributed by atoms with Gasteiger partial charge in [-0.15, -0.1) is 0 Å². The predicted molar refractivity (Wildman–Crippen MR) is 98.4 cm³/mol. The first-order valence-electron chi connectivity index (χ1n) is 8.45. The van der Waals surface area contributed by atoms with Gasteiger partial charge in [0.25, 0.3) is 5.56 Å². The molecule has 0 unspecified atom stereocenters. The number of hydrogen-bond acceptors (Lipinski definition) is 5. The summed E-state index contributed by atoms with van der Waals surface area (Å²) in [5.74, 6) is 0.339. The fourth-order valence-electron chi connectivity index (χ4n) is 2.87. The fourth-order valence-corrected chi connectivity index (χ4v) is 2.87. The Morgan fingerprint density at radius 2 is 2.04 bits per heavy atom. The highest BCUT2D eigenvalue weighted by molar-refractivity contribution is 5.78. The van der Waals surface area contributed by atoms with Crippen molar-refractivity contribution in [1.29, 1.82) is 0 Å². The van der Waals surface area contributed by atoms with Crippen molar-refractivity contribution in [3.05, 3.63) is 77.4 Å². The Labute approximate surface area is 154 Å². The third-order valence-corrected chi connectivity index (χ3v) is 4.22. The van der Waals surface area contributed by atoms with Crippen LogP contribution in [0.5, 0.6) is 0 Å². The van der Waals surface area contributed by atoms with Crippen LogP contribution in [0.1, 0.15) is 18.7 Å². The molecule has 0 spiro atoms. The molecule has 1 N–H and O–H groups in total. The van der Waals surface area contributed by atoms with Gasteiger partial charge in [0.2, 0.25) is 5.91 Å². The van der Waals surface area contributed by atoms with E-state index in [0.717, 1.165) is 5.69 Å². The molecule has 3 heterocycles. The SMILES string of the molecule is C[C@@H](NC(=O)Cn1cnc2c(cnn2-c2ccccc2)c1=O)c1ccco1. The van der Waals surface area contributed by atoms with Crippen LogP contribution in [0.3, 0.4) is 0 Å². The lowest BCUT2D eigenvalue weighted by Gasteiger charge is -2.12. The van der Waals surface area contributed by atoms with Gasteiger partial charge in [-0.2, -0.15) is 5.10 Å². The van der Waals surface area contributed by atoms with E-state index in [9.17, 15) is 9.59 Å². The van der Waals surface area contributed by atoms with E-state index in [0.29, 0.717) is 16.8 Å². The van der Waals surface area contributed by atoms with E-state index >= 15 is 0 Å². The maximum absolute atomic E-state index is 12.7.